The van der Waals surface area contributed by atoms with Crippen molar-refractivity contribution in [3.8, 4) is 0 Å². The number of halogens is 1. The summed E-state index contributed by atoms with van der Waals surface area (Å²) in [6.07, 6.45) is 2.13. The molecule has 1 aliphatic heterocycles. The zero-order valence-corrected chi connectivity index (χ0v) is 9.38. The van der Waals surface area contributed by atoms with E-state index in [9.17, 15) is 0 Å². The molecule has 0 saturated carbocycles. The molecule has 0 N–H and O–H groups in total. The van der Waals surface area contributed by atoms with Crippen molar-refractivity contribution < 1.29 is 0 Å². The number of hydrogen-bond donors (Lipinski definition) is 0. The Morgan fingerprint density at radius 1 is 1.31 bits per heavy atom. The maximum atomic E-state index is 3.58. The Hall–Kier alpha value is -0.760. The molecule has 13 heavy (non-hydrogen) atoms. The summed E-state index contributed by atoms with van der Waals surface area (Å²) in [6, 6.07) is 8.51. The lowest BCUT2D eigenvalue weighted by molar-refractivity contribution is 0.909. The highest BCUT2D eigenvalue weighted by Gasteiger charge is 2.19. The van der Waals surface area contributed by atoms with Crippen LogP contribution in [0.15, 0.2) is 34.9 Å². The van der Waals surface area contributed by atoms with Crippen LogP contribution in [0.4, 0.5) is 5.69 Å². The van der Waals surface area contributed by atoms with Gasteiger partial charge in [-0.2, -0.15) is 0 Å². The van der Waals surface area contributed by atoms with Crippen LogP contribution in [0.3, 0.4) is 0 Å². The predicted molar refractivity (Wildman–Crippen MR) is 60.3 cm³/mol. The standard InChI is InChI=1S/C11H12BrN/c1-8-9-5-3-4-6-11(9)13(2)7-10(8)12/h3-8H,1-2H3. The van der Waals surface area contributed by atoms with Crippen LogP contribution in [0.5, 0.6) is 0 Å². The Kier molecular flexibility index (Phi) is 2.16. The molecule has 0 spiro atoms. The number of anilines is 1. The van der Waals surface area contributed by atoms with Crippen molar-refractivity contribution in [3.63, 3.8) is 0 Å². The third-order valence-electron chi connectivity index (χ3n) is 2.51. The van der Waals surface area contributed by atoms with Crippen LogP contribution in [0.1, 0.15) is 18.4 Å². The summed E-state index contributed by atoms with van der Waals surface area (Å²) in [5.41, 5.74) is 2.69. The lowest BCUT2D eigenvalue weighted by Crippen LogP contribution is -2.17. The van der Waals surface area contributed by atoms with Crippen LogP contribution < -0.4 is 4.90 Å². The fourth-order valence-electron chi connectivity index (χ4n) is 1.69. The lowest BCUT2D eigenvalue weighted by atomic mass is 9.96. The third-order valence-corrected chi connectivity index (χ3v) is 3.41. The molecule has 1 unspecified atom stereocenters. The molecule has 2 heteroatoms. The number of rotatable bonds is 0. The summed E-state index contributed by atoms with van der Waals surface area (Å²) in [4.78, 5) is 2.15. The minimum atomic E-state index is 0.479. The van der Waals surface area contributed by atoms with Gasteiger partial charge in [0.2, 0.25) is 0 Å². The number of para-hydroxylation sites is 1. The summed E-state index contributed by atoms with van der Waals surface area (Å²) >= 11 is 3.58. The highest BCUT2D eigenvalue weighted by molar-refractivity contribution is 9.11. The molecule has 0 bridgehead atoms. The number of benzene rings is 1. The van der Waals surface area contributed by atoms with E-state index in [1.54, 1.807) is 0 Å². The molecule has 1 aromatic rings. The molecule has 1 nitrogen and oxygen atoms in total. The summed E-state index contributed by atoms with van der Waals surface area (Å²) in [6.45, 7) is 2.21. The molecule has 68 valence electrons. The Labute approximate surface area is 87.2 Å². The Morgan fingerprint density at radius 3 is 2.77 bits per heavy atom. The monoisotopic (exact) mass is 237 g/mol. The summed E-state index contributed by atoms with van der Waals surface area (Å²) in [5, 5.41) is 0. The van der Waals surface area contributed by atoms with E-state index in [-0.39, 0.29) is 0 Å². The van der Waals surface area contributed by atoms with Gasteiger partial charge in [-0.05, 0) is 11.6 Å². The van der Waals surface area contributed by atoms with Crippen LogP contribution in [0.25, 0.3) is 0 Å². The SMILES string of the molecule is CC1C(Br)=CN(C)c2ccccc21. The van der Waals surface area contributed by atoms with Gasteiger partial charge < -0.3 is 4.90 Å². The fraction of sp³-hybridized carbons (Fsp3) is 0.273. The second-order valence-corrected chi connectivity index (χ2v) is 4.32. The van der Waals surface area contributed by atoms with E-state index >= 15 is 0 Å². The van der Waals surface area contributed by atoms with Crippen LogP contribution >= 0.6 is 15.9 Å². The zero-order valence-electron chi connectivity index (χ0n) is 7.79. The van der Waals surface area contributed by atoms with Crippen molar-refractivity contribution in [2.24, 2.45) is 0 Å². The van der Waals surface area contributed by atoms with Crippen molar-refractivity contribution in [1.82, 2.24) is 0 Å². The van der Waals surface area contributed by atoms with E-state index in [1.807, 2.05) is 0 Å². The minimum Gasteiger partial charge on any atom is -0.350 e. The van der Waals surface area contributed by atoms with E-state index in [0.29, 0.717) is 5.92 Å². The molecule has 0 saturated heterocycles. The molecule has 1 aromatic carbocycles. The molecular formula is C11H12BrN. The van der Waals surface area contributed by atoms with Crippen LogP contribution in [0.2, 0.25) is 0 Å². The predicted octanol–water partition coefficient (Wildman–Crippen LogP) is 3.48. The largest absolute Gasteiger partial charge is 0.350 e. The molecule has 0 amide bonds. The molecular weight excluding hydrogens is 226 g/mol. The van der Waals surface area contributed by atoms with E-state index in [0.717, 1.165) is 0 Å². The Bertz CT molecular complexity index is 357. The van der Waals surface area contributed by atoms with Gasteiger partial charge in [-0.25, -0.2) is 0 Å². The quantitative estimate of drug-likeness (QED) is 0.668. The zero-order chi connectivity index (χ0) is 9.42. The third kappa shape index (κ3) is 1.39. The van der Waals surface area contributed by atoms with E-state index in [2.05, 4.69) is 65.3 Å². The highest BCUT2D eigenvalue weighted by Crippen LogP contribution is 2.38. The number of allylic oxidation sites excluding steroid dienone is 1. The normalized spacial score (nSPS) is 21.0. The van der Waals surface area contributed by atoms with Crippen LogP contribution in [0, 0.1) is 0 Å². The van der Waals surface area contributed by atoms with Crippen LogP contribution in [-0.2, 0) is 0 Å². The smallest absolute Gasteiger partial charge is 0.0442 e. The molecule has 1 heterocycles. The first-order valence-corrected chi connectivity index (χ1v) is 5.18. The van der Waals surface area contributed by atoms with E-state index < -0.39 is 0 Å². The summed E-state index contributed by atoms with van der Waals surface area (Å²) in [7, 11) is 2.08. The maximum absolute atomic E-state index is 3.58. The number of nitrogens with zero attached hydrogens (tertiary/aromatic N) is 1. The number of fused-ring (bicyclic) bond motifs is 1. The maximum Gasteiger partial charge on any atom is 0.0442 e. The van der Waals surface area contributed by atoms with E-state index in [1.165, 1.54) is 15.7 Å². The fourth-order valence-corrected chi connectivity index (χ4v) is 2.24. The van der Waals surface area contributed by atoms with Gasteiger partial charge in [-0.1, -0.05) is 41.1 Å². The lowest BCUT2D eigenvalue weighted by Gasteiger charge is -2.28. The molecule has 0 aromatic heterocycles. The van der Waals surface area contributed by atoms with Crippen molar-refractivity contribution in [2.75, 3.05) is 11.9 Å². The first-order valence-electron chi connectivity index (χ1n) is 4.39. The second kappa shape index (κ2) is 3.18. The molecule has 1 atom stereocenters. The van der Waals surface area contributed by atoms with Gasteiger partial charge in [0.1, 0.15) is 0 Å². The van der Waals surface area contributed by atoms with Gasteiger partial charge >= 0.3 is 0 Å². The summed E-state index contributed by atoms with van der Waals surface area (Å²) in [5.74, 6) is 0.479. The van der Waals surface area contributed by atoms with Gasteiger partial charge in [-0.15, -0.1) is 0 Å². The van der Waals surface area contributed by atoms with Crippen molar-refractivity contribution >= 4 is 21.6 Å². The first kappa shape index (κ1) is 8.82. The van der Waals surface area contributed by atoms with Gasteiger partial charge in [-0.3, -0.25) is 0 Å². The Morgan fingerprint density at radius 2 is 2.00 bits per heavy atom. The van der Waals surface area contributed by atoms with Crippen LogP contribution in [-0.4, -0.2) is 7.05 Å². The first-order chi connectivity index (χ1) is 6.20. The molecule has 1 aliphatic rings. The molecule has 0 aliphatic carbocycles. The molecule has 0 fully saturated rings. The van der Waals surface area contributed by atoms with Crippen molar-refractivity contribution in [1.29, 1.82) is 0 Å². The van der Waals surface area contributed by atoms with Crippen molar-refractivity contribution in [3.05, 3.63) is 40.5 Å². The number of hydrogen-bond acceptors (Lipinski definition) is 1. The molecule has 0 radical (unpaired) electrons. The summed E-state index contributed by atoms with van der Waals surface area (Å²) < 4.78 is 1.24. The van der Waals surface area contributed by atoms with Gasteiger partial charge in [0.25, 0.3) is 0 Å². The Balaban J connectivity index is 2.55. The topological polar surface area (TPSA) is 3.24 Å². The van der Waals surface area contributed by atoms with Gasteiger partial charge in [0, 0.05) is 29.3 Å². The van der Waals surface area contributed by atoms with Gasteiger partial charge in [0.15, 0.2) is 0 Å². The highest BCUT2D eigenvalue weighted by atomic mass is 79.9. The van der Waals surface area contributed by atoms with E-state index in [4.69, 9.17) is 0 Å². The average molecular weight is 238 g/mol. The van der Waals surface area contributed by atoms with Crippen molar-refractivity contribution in [2.45, 2.75) is 12.8 Å². The molecule has 2 rings (SSSR count). The second-order valence-electron chi connectivity index (χ2n) is 3.41. The average Bonchev–Trinajstić information content (AvgIpc) is 2.15. The van der Waals surface area contributed by atoms with Gasteiger partial charge in [0.05, 0.1) is 0 Å². The minimum absolute atomic E-state index is 0.479.